The number of aryl methyl sites for hydroxylation is 1. The summed E-state index contributed by atoms with van der Waals surface area (Å²) in [5.41, 5.74) is 1.69. The molecule has 0 aliphatic heterocycles. The topological polar surface area (TPSA) is 12.4 Å². The molecule has 0 aliphatic rings. The van der Waals surface area contributed by atoms with Gasteiger partial charge in [-0.2, -0.15) is 0 Å². The van der Waals surface area contributed by atoms with Crippen LogP contribution in [0.2, 0.25) is 0 Å². The molecular formula is C19H25F2N. The van der Waals surface area contributed by atoms with Crippen LogP contribution in [0.25, 0.3) is 0 Å². The standard InChI is InChI=1S/C19H25F2N/c1-6-8-9-10-16(22-19(4,5)7-2)13-17-14(3)11-15(20)12-18(17)21/h6,8-12H,7,13H2,1-5H3/b8-6-,10-9-,22-16?. The average molecular weight is 305 g/mol. The minimum Gasteiger partial charge on any atom is -0.283 e. The van der Waals surface area contributed by atoms with Crippen LogP contribution in [0.3, 0.4) is 0 Å². The van der Waals surface area contributed by atoms with Crippen LogP contribution >= 0.6 is 0 Å². The fourth-order valence-electron chi connectivity index (χ4n) is 2.02. The van der Waals surface area contributed by atoms with E-state index in [1.807, 2.05) is 45.1 Å². The highest BCUT2D eigenvalue weighted by Crippen LogP contribution is 2.19. The number of benzene rings is 1. The first kappa shape index (κ1) is 18.3. The van der Waals surface area contributed by atoms with Crippen molar-refractivity contribution in [3.63, 3.8) is 0 Å². The first-order valence-electron chi connectivity index (χ1n) is 7.61. The van der Waals surface area contributed by atoms with Gasteiger partial charge in [-0.3, -0.25) is 4.99 Å². The number of allylic oxidation sites excluding steroid dienone is 4. The minimum atomic E-state index is -0.546. The Labute approximate surface area is 132 Å². The highest BCUT2D eigenvalue weighted by atomic mass is 19.1. The third-order valence-electron chi connectivity index (χ3n) is 3.64. The van der Waals surface area contributed by atoms with Crippen LogP contribution in [-0.4, -0.2) is 11.3 Å². The van der Waals surface area contributed by atoms with Crippen LogP contribution in [0.5, 0.6) is 0 Å². The summed E-state index contributed by atoms with van der Waals surface area (Å²) in [6.45, 7) is 9.82. The molecule has 0 heterocycles. The van der Waals surface area contributed by atoms with Gasteiger partial charge in [-0.25, -0.2) is 8.78 Å². The molecule has 0 N–H and O–H groups in total. The Kier molecular flexibility index (Phi) is 6.66. The molecule has 0 fully saturated rings. The molecule has 0 unspecified atom stereocenters. The maximum atomic E-state index is 14.0. The molecule has 0 saturated carbocycles. The van der Waals surface area contributed by atoms with E-state index < -0.39 is 11.6 Å². The summed E-state index contributed by atoms with van der Waals surface area (Å²) in [5, 5.41) is 0. The number of halogens is 2. The molecule has 0 bridgehead atoms. The van der Waals surface area contributed by atoms with Crippen molar-refractivity contribution in [3.8, 4) is 0 Å². The molecule has 1 aromatic carbocycles. The van der Waals surface area contributed by atoms with Gasteiger partial charge >= 0.3 is 0 Å². The predicted molar refractivity (Wildman–Crippen MR) is 90.6 cm³/mol. The maximum Gasteiger partial charge on any atom is 0.129 e. The van der Waals surface area contributed by atoms with E-state index in [2.05, 4.69) is 6.92 Å². The minimum absolute atomic E-state index is 0.208. The highest BCUT2D eigenvalue weighted by Gasteiger charge is 2.16. The number of hydrogen-bond acceptors (Lipinski definition) is 1. The molecule has 0 spiro atoms. The van der Waals surface area contributed by atoms with Crippen LogP contribution in [0.4, 0.5) is 8.78 Å². The molecule has 0 radical (unpaired) electrons. The predicted octanol–water partition coefficient (Wildman–Crippen LogP) is 5.58. The van der Waals surface area contributed by atoms with Gasteiger partial charge < -0.3 is 0 Å². The van der Waals surface area contributed by atoms with Crippen molar-refractivity contribution in [2.24, 2.45) is 4.99 Å². The summed E-state index contributed by atoms with van der Waals surface area (Å²) < 4.78 is 27.3. The van der Waals surface area contributed by atoms with Gasteiger partial charge in [0.1, 0.15) is 11.6 Å². The largest absolute Gasteiger partial charge is 0.283 e. The van der Waals surface area contributed by atoms with Crippen LogP contribution < -0.4 is 0 Å². The van der Waals surface area contributed by atoms with Crippen LogP contribution in [0, 0.1) is 18.6 Å². The van der Waals surface area contributed by atoms with E-state index >= 15 is 0 Å². The van der Waals surface area contributed by atoms with Crippen molar-refractivity contribution in [3.05, 3.63) is 59.2 Å². The van der Waals surface area contributed by atoms with Crippen LogP contribution in [0.15, 0.2) is 41.4 Å². The molecule has 120 valence electrons. The third-order valence-corrected chi connectivity index (χ3v) is 3.64. The van der Waals surface area contributed by atoms with E-state index in [-0.39, 0.29) is 5.54 Å². The van der Waals surface area contributed by atoms with E-state index in [0.717, 1.165) is 18.2 Å². The monoisotopic (exact) mass is 305 g/mol. The van der Waals surface area contributed by atoms with E-state index in [9.17, 15) is 8.78 Å². The van der Waals surface area contributed by atoms with Crippen molar-refractivity contribution < 1.29 is 8.78 Å². The molecule has 22 heavy (non-hydrogen) atoms. The lowest BCUT2D eigenvalue weighted by atomic mass is 9.99. The summed E-state index contributed by atoms with van der Waals surface area (Å²) in [4.78, 5) is 4.73. The lowest BCUT2D eigenvalue weighted by Gasteiger charge is -2.19. The second-order valence-electron chi connectivity index (χ2n) is 6.01. The summed E-state index contributed by atoms with van der Waals surface area (Å²) >= 11 is 0. The Morgan fingerprint density at radius 3 is 2.45 bits per heavy atom. The smallest absolute Gasteiger partial charge is 0.129 e. The van der Waals surface area contributed by atoms with Gasteiger partial charge in [0.15, 0.2) is 0 Å². The summed E-state index contributed by atoms with van der Waals surface area (Å²) in [6, 6.07) is 2.29. The van der Waals surface area contributed by atoms with Crippen molar-refractivity contribution in [1.29, 1.82) is 0 Å². The molecule has 1 rings (SSSR count). The zero-order chi connectivity index (χ0) is 16.8. The second-order valence-corrected chi connectivity index (χ2v) is 6.01. The number of aliphatic imine (C=N–C) groups is 1. The van der Waals surface area contributed by atoms with Crippen LogP contribution in [0.1, 0.15) is 45.2 Å². The maximum absolute atomic E-state index is 14.0. The van der Waals surface area contributed by atoms with Gasteiger partial charge in [0.05, 0.1) is 5.54 Å². The van der Waals surface area contributed by atoms with Crippen molar-refractivity contribution in [2.45, 2.75) is 53.0 Å². The summed E-state index contributed by atoms with van der Waals surface area (Å²) in [6.07, 6.45) is 8.85. The molecule has 3 heteroatoms. The average Bonchev–Trinajstić information content (AvgIpc) is 2.42. The second kappa shape index (κ2) is 8.02. The molecular weight excluding hydrogens is 280 g/mol. The van der Waals surface area contributed by atoms with E-state index in [1.54, 1.807) is 6.92 Å². The van der Waals surface area contributed by atoms with Crippen LogP contribution in [-0.2, 0) is 6.42 Å². The Morgan fingerprint density at radius 2 is 1.91 bits per heavy atom. The zero-order valence-corrected chi connectivity index (χ0v) is 14.1. The highest BCUT2D eigenvalue weighted by molar-refractivity contribution is 5.97. The van der Waals surface area contributed by atoms with Gasteiger partial charge in [-0.05, 0) is 57.4 Å². The number of nitrogens with zero attached hydrogens (tertiary/aromatic N) is 1. The third kappa shape index (κ3) is 5.55. The van der Waals surface area contributed by atoms with Gasteiger partial charge in [-0.1, -0.05) is 25.2 Å². The Bertz CT molecular complexity index is 572. The Hall–Kier alpha value is -1.77. The van der Waals surface area contributed by atoms with Crippen molar-refractivity contribution >= 4 is 5.71 Å². The first-order chi connectivity index (χ1) is 10.3. The molecule has 0 aliphatic carbocycles. The van der Waals surface area contributed by atoms with E-state index in [1.165, 1.54) is 6.07 Å². The van der Waals surface area contributed by atoms with Gasteiger partial charge in [-0.15, -0.1) is 0 Å². The summed E-state index contributed by atoms with van der Waals surface area (Å²) in [5.74, 6) is -1.06. The molecule has 1 nitrogen and oxygen atoms in total. The van der Waals surface area contributed by atoms with Gasteiger partial charge in [0.25, 0.3) is 0 Å². The van der Waals surface area contributed by atoms with Gasteiger partial charge in [0, 0.05) is 18.2 Å². The lowest BCUT2D eigenvalue weighted by Crippen LogP contribution is -2.19. The SMILES string of the molecule is C/C=C\C=C/C(Cc1c(C)cc(F)cc1F)=NC(C)(C)CC. The molecule has 0 aromatic heterocycles. The van der Waals surface area contributed by atoms with E-state index in [4.69, 9.17) is 4.99 Å². The van der Waals surface area contributed by atoms with Crippen molar-refractivity contribution in [2.75, 3.05) is 0 Å². The Balaban J connectivity index is 3.19. The molecule has 1 aromatic rings. The fraction of sp³-hybridized carbons (Fsp3) is 0.421. The summed E-state index contributed by atoms with van der Waals surface area (Å²) in [7, 11) is 0. The normalized spacial score (nSPS) is 13.5. The quantitative estimate of drug-likeness (QED) is 0.481. The number of rotatable bonds is 6. The lowest BCUT2D eigenvalue weighted by molar-refractivity contribution is 0.504. The zero-order valence-electron chi connectivity index (χ0n) is 14.1. The fourth-order valence-corrected chi connectivity index (χ4v) is 2.02. The number of hydrogen-bond donors (Lipinski definition) is 0. The van der Waals surface area contributed by atoms with Crippen molar-refractivity contribution in [1.82, 2.24) is 0 Å². The molecule has 0 atom stereocenters. The van der Waals surface area contributed by atoms with Gasteiger partial charge in [0.2, 0.25) is 0 Å². The first-order valence-corrected chi connectivity index (χ1v) is 7.61. The molecule has 0 amide bonds. The Morgan fingerprint density at radius 1 is 1.23 bits per heavy atom. The molecule has 0 saturated heterocycles. The van der Waals surface area contributed by atoms with E-state index in [0.29, 0.717) is 17.5 Å².